The summed E-state index contributed by atoms with van der Waals surface area (Å²) in [6.07, 6.45) is 4.39. The van der Waals surface area contributed by atoms with E-state index in [4.69, 9.17) is 0 Å². The highest BCUT2D eigenvalue weighted by Crippen LogP contribution is 2.32. The number of aromatic carboxylic acids is 1. The van der Waals surface area contributed by atoms with Gasteiger partial charge in [0.15, 0.2) is 0 Å². The second-order valence-corrected chi connectivity index (χ2v) is 5.01. The first kappa shape index (κ1) is 12.6. The SMILES string of the molecule is O=C(O)c1cnccc1Sc1ncnc2ccccc12. The van der Waals surface area contributed by atoms with Crippen LogP contribution < -0.4 is 0 Å². The Labute approximate surface area is 118 Å². The fraction of sp³-hybridized carbons (Fsp3) is 0. The molecule has 3 aromatic rings. The Morgan fingerprint density at radius 2 is 2.00 bits per heavy atom. The van der Waals surface area contributed by atoms with Crippen LogP contribution in [-0.2, 0) is 0 Å². The lowest BCUT2D eigenvalue weighted by Crippen LogP contribution is -1.99. The number of rotatable bonds is 3. The van der Waals surface area contributed by atoms with E-state index in [2.05, 4.69) is 15.0 Å². The Hall–Kier alpha value is -2.47. The molecule has 0 fully saturated rings. The van der Waals surface area contributed by atoms with Crippen LogP contribution in [0.15, 0.2) is 59.0 Å². The summed E-state index contributed by atoms with van der Waals surface area (Å²) in [6, 6.07) is 9.29. The molecule has 0 unspecified atom stereocenters. The molecular weight excluding hydrogens is 274 g/mol. The van der Waals surface area contributed by atoms with Crippen molar-refractivity contribution >= 4 is 28.6 Å². The van der Waals surface area contributed by atoms with E-state index in [1.165, 1.54) is 24.3 Å². The van der Waals surface area contributed by atoms with Crippen LogP contribution in [0.3, 0.4) is 0 Å². The molecule has 1 N–H and O–H groups in total. The van der Waals surface area contributed by atoms with Crippen molar-refractivity contribution in [3.8, 4) is 0 Å². The van der Waals surface area contributed by atoms with Crippen molar-refractivity contribution in [3.05, 3.63) is 54.6 Å². The normalized spacial score (nSPS) is 10.6. The van der Waals surface area contributed by atoms with E-state index in [9.17, 15) is 9.90 Å². The lowest BCUT2D eigenvalue weighted by Gasteiger charge is -2.06. The summed E-state index contributed by atoms with van der Waals surface area (Å²) in [5.74, 6) is -1.00. The van der Waals surface area contributed by atoms with E-state index < -0.39 is 5.97 Å². The largest absolute Gasteiger partial charge is 0.478 e. The number of fused-ring (bicyclic) bond motifs is 1. The monoisotopic (exact) mass is 283 g/mol. The van der Waals surface area contributed by atoms with Crippen LogP contribution in [0.25, 0.3) is 10.9 Å². The number of carboxylic acid groups (broad SMARTS) is 1. The molecule has 2 aromatic heterocycles. The first-order valence-corrected chi connectivity index (χ1v) is 6.62. The van der Waals surface area contributed by atoms with Crippen LogP contribution in [0.1, 0.15) is 10.4 Å². The predicted molar refractivity (Wildman–Crippen MR) is 74.9 cm³/mol. The Kier molecular flexibility index (Phi) is 3.30. The molecule has 0 radical (unpaired) electrons. The number of benzene rings is 1. The Morgan fingerprint density at radius 1 is 1.15 bits per heavy atom. The maximum Gasteiger partial charge on any atom is 0.338 e. The van der Waals surface area contributed by atoms with Gasteiger partial charge in [-0.3, -0.25) is 4.98 Å². The summed E-state index contributed by atoms with van der Waals surface area (Å²) in [4.78, 5) is 24.1. The highest BCUT2D eigenvalue weighted by molar-refractivity contribution is 7.99. The van der Waals surface area contributed by atoms with Gasteiger partial charge in [0.2, 0.25) is 0 Å². The van der Waals surface area contributed by atoms with Crippen molar-refractivity contribution in [2.75, 3.05) is 0 Å². The maximum absolute atomic E-state index is 11.2. The first-order chi connectivity index (χ1) is 9.75. The molecule has 0 saturated carbocycles. The molecule has 20 heavy (non-hydrogen) atoms. The molecule has 0 aliphatic heterocycles. The number of nitrogens with zero attached hydrogens (tertiary/aromatic N) is 3. The molecule has 6 heteroatoms. The summed E-state index contributed by atoms with van der Waals surface area (Å²) >= 11 is 1.30. The van der Waals surface area contributed by atoms with Crippen molar-refractivity contribution in [1.29, 1.82) is 0 Å². The van der Waals surface area contributed by atoms with Crippen LogP contribution in [0.2, 0.25) is 0 Å². The van der Waals surface area contributed by atoms with Crippen LogP contribution in [-0.4, -0.2) is 26.0 Å². The number of pyridine rings is 1. The zero-order valence-corrected chi connectivity index (χ0v) is 11.0. The lowest BCUT2D eigenvalue weighted by atomic mass is 10.2. The minimum absolute atomic E-state index is 0.167. The van der Waals surface area contributed by atoms with Gasteiger partial charge in [-0.05, 0) is 12.1 Å². The second kappa shape index (κ2) is 5.26. The van der Waals surface area contributed by atoms with Gasteiger partial charge in [0.1, 0.15) is 11.4 Å². The third kappa shape index (κ3) is 2.33. The molecule has 98 valence electrons. The Balaban J connectivity index is 2.08. The summed E-state index contributed by atoms with van der Waals surface area (Å²) < 4.78 is 0. The molecule has 5 nitrogen and oxygen atoms in total. The Bertz CT molecular complexity index is 787. The fourth-order valence-electron chi connectivity index (χ4n) is 1.80. The number of para-hydroxylation sites is 1. The van der Waals surface area contributed by atoms with Gasteiger partial charge < -0.3 is 5.11 Å². The van der Waals surface area contributed by atoms with Gasteiger partial charge in [0.05, 0.1) is 11.1 Å². The van der Waals surface area contributed by atoms with Crippen molar-refractivity contribution < 1.29 is 9.90 Å². The van der Waals surface area contributed by atoms with E-state index in [0.29, 0.717) is 4.90 Å². The molecule has 3 rings (SSSR count). The van der Waals surface area contributed by atoms with E-state index in [1.807, 2.05) is 24.3 Å². The standard InChI is InChI=1S/C14H9N3O2S/c18-14(19)10-7-15-6-5-12(10)20-13-9-3-1-2-4-11(9)16-8-17-13/h1-8H,(H,18,19). The van der Waals surface area contributed by atoms with Gasteiger partial charge in [-0.15, -0.1) is 0 Å². The predicted octanol–water partition coefficient (Wildman–Crippen LogP) is 2.87. The summed E-state index contributed by atoms with van der Waals surface area (Å²) in [7, 11) is 0. The molecule has 2 heterocycles. The van der Waals surface area contributed by atoms with Crippen LogP contribution in [0.4, 0.5) is 0 Å². The molecule has 0 atom stereocenters. The van der Waals surface area contributed by atoms with Crippen LogP contribution >= 0.6 is 11.8 Å². The highest BCUT2D eigenvalue weighted by Gasteiger charge is 2.13. The van der Waals surface area contributed by atoms with Crippen molar-refractivity contribution in [2.24, 2.45) is 0 Å². The summed E-state index contributed by atoms with van der Waals surface area (Å²) in [5, 5.41) is 10.8. The van der Waals surface area contributed by atoms with Crippen LogP contribution in [0.5, 0.6) is 0 Å². The number of hydrogen-bond acceptors (Lipinski definition) is 5. The topological polar surface area (TPSA) is 76.0 Å². The summed E-state index contributed by atoms with van der Waals surface area (Å²) in [5.41, 5.74) is 0.996. The van der Waals surface area contributed by atoms with E-state index in [1.54, 1.807) is 12.3 Å². The number of aromatic nitrogens is 3. The molecule has 0 aliphatic rings. The first-order valence-electron chi connectivity index (χ1n) is 5.80. The van der Waals surface area contributed by atoms with E-state index in [0.717, 1.165) is 15.9 Å². The smallest absolute Gasteiger partial charge is 0.338 e. The highest BCUT2D eigenvalue weighted by atomic mass is 32.2. The minimum Gasteiger partial charge on any atom is -0.478 e. The lowest BCUT2D eigenvalue weighted by molar-refractivity contribution is 0.0692. The fourth-order valence-corrected chi connectivity index (χ4v) is 2.77. The average molecular weight is 283 g/mol. The minimum atomic E-state index is -1.00. The molecule has 0 aliphatic carbocycles. The molecule has 0 bridgehead atoms. The van der Waals surface area contributed by atoms with Crippen molar-refractivity contribution in [1.82, 2.24) is 15.0 Å². The zero-order chi connectivity index (χ0) is 13.9. The average Bonchev–Trinajstić information content (AvgIpc) is 2.48. The molecule has 1 aromatic carbocycles. The van der Waals surface area contributed by atoms with Gasteiger partial charge in [-0.25, -0.2) is 14.8 Å². The van der Waals surface area contributed by atoms with Gasteiger partial charge in [0, 0.05) is 22.7 Å². The van der Waals surface area contributed by atoms with Crippen molar-refractivity contribution in [2.45, 2.75) is 9.92 Å². The Morgan fingerprint density at radius 3 is 2.85 bits per heavy atom. The third-order valence-electron chi connectivity index (χ3n) is 2.72. The zero-order valence-electron chi connectivity index (χ0n) is 10.2. The number of carboxylic acids is 1. The maximum atomic E-state index is 11.2. The molecule has 0 amide bonds. The molecule has 0 spiro atoms. The van der Waals surface area contributed by atoms with Crippen LogP contribution in [0, 0.1) is 0 Å². The molecule has 0 saturated heterocycles. The van der Waals surface area contributed by atoms with Gasteiger partial charge >= 0.3 is 5.97 Å². The number of carbonyl (C=O) groups is 1. The van der Waals surface area contributed by atoms with Gasteiger partial charge in [-0.2, -0.15) is 0 Å². The van der Waals surface area contributed by atoms with Gasteiger partial charge in [-0.1, -0.05) is 30.0 Å². The van der Waals surface area contributed by atoms with E-state index in [-0.39, 0.29) is 5.56 Å². The molecular formula is C14H9N3O2S. The number of hydrogen-bond donors (Lipinski definition) is 1. The summed E-state index contributed by atoms with van der Waals surface area (Å²) in [6.45, 7) is 0. The second-order valence-electron chi connectivity index (χ2n) is 3.98. The van der Waals surface area contributed by atoms with Gasteiger partial charge in [0.25, 0.3) is 0 Å². The quantitative estimate of drug-likeness (QED) is 0.745. The van der Waals surface area contributed by atoms with Crippen molar-refractivity contribution in [3.63, 3.8) is 0 Å². The third-order valence-corrected chi connectivity index (χ3v) is 3.82. The van der Waals surface area contributed by atoms with E-state index >= 15 is 0 Å².